The van der Waals surface area contributed by atoms with Crippen molar-refractivity contribution >= 4 is 15.9 Å². The predicted octanol–water partition coefficient (Wildman–Crippen LogP) is 3.13. The van der Waals surface area contributed by atoms with Crippen molar-refractivity contribution < 1.29 is 22.7 Å². The molecule has 1 heterocycles. The Kier molecular flexibility index (Phi) is 7.03. The first-order valence-corrected chi connectivity index (χ1v) is 11.7. The topological polar surface area (TPSA) is 84.9 Å². The number of rotatable bonds is 6. The highest BCUT2D eigenvalue weighted by atomic mass is 32.2. The van der Waals surface area contributed by atoms with Gasteiger partial charge in [0.2, 0.25) is 10.0 Å². The smallest absolute Gasteiger partial charge is 0.251 e. The minimum Gasteiger partial charge on any atom is -0.495 e. The lowest BCUT2D eigenvalue weighted by atomic mass is 9.96. The minimum atomic E-state index is -3.81. The maximum atomic E-state index is 13.2. The highest BCUT2D eigenvalue weighted by molar-refractivity contribution is 7.89. The van der Waals surface area contributed by atoms with Crippen molar-refractivity contribution in [3.8, 4) is 5.75 Å². The number of carbonyl (C=O) groups excluding carboxylic acids is 1. The van der Waals surface area contributed by atoms with Crippen LogP contribution in [-0.4, -0.2) is 52.0 Å². The lowest BCUT2D eigenvalue weighted by Gasteiger charge is -2.27. The van der Waals surface area contributed by atoms with E-state index in [1.54, 1.807) is 6.07 Å². The molecule has 31 heavy (non-hydrogen) atoms. The summed E-state index contributed by atoms with van der Waals surface area (Å²) in [6, 6.07) is 8.44. The molecular formula is C23H30N2O5S. The Morgan fingerprint density at radius 3 is 2.35 bits per heavy atom. The third kappa shape index (κ3) is 4.92. The fourth-order valence-electron chi connectivity index (χ4n) is 3.75. The van der Waals surface area contributed by atoms with E-state index in [4.69, 9.17) is 9.47 Å². The van der Waals surface area contributed by atoms with Crippen LogP contribution >= 0.6 is 0 Å². The zero-order valence-electron chi connectivity index (χ0n) is 18.7. The van der Waals surface area contributed by atoms with E-state index < -0.39 is 10.0 Å². The summed E-state index contributed by atoms with van der Waals surface area (Å²) in [6.45, 7) is 9.26. The number of aryl methyl sites for hydroxylation is 3. The minimum absolute atomic E-state index is 0.0143. The molecule has 0 bridgehead atoms. The molecule has 0 aromatic heterocycles. The molecule has 2 aromatic rings. The summed E-state index contributed by atoms with van der Waals surface area (Å²) < 4.78 is 38.2. The van der Waals surface area contributed by atoms with Gasteiger partial charge in [-0.2, -0.15) is 4.31 Å². The van der Waals surface area contributed by atoms with Gasteiger partial charge < -0.3 is 14.8 Å². The zero-order valence-corrected chi connectivity index (χ0v) is 19.5. The SMILES string of the molecule is COc1ccc(C(=O)N[C@@H](C)c2cc(C)c(C)cc2C)cc1S(=O)(=O)N1CCOCC1. The largest absolute Gasteiger partial charge is 0.495 e. The summed E-state index contributed by atoms with van der Waals surface area (Å²) in [5.74, 6) is -0.132. The van der Waals surface area contributed by atoms with Gasteiger partial charge >= 0.3 is 0 Å². The number of hydrogen-bond acceptors (Lipinski definition) is 5. The molecule has 1 amide bonds. The van der Waals surface area contributed by atoms with Crippen LogP contribution in [0.4, 0.5) is 0 Å². The number of nitrogens with one attached hydrogen (secondary N) is 1. The molecule has 1 atom stereocenters. The number of benzene rings is 2. The van der Waals surface area contributed by atoms with Crippen LogP contribution < -0.4 is 10.1 Å². The summed E-state index contributed by atoms with van der Waals surface area (Å²) in [5.41, 5.74) is 4.76. The molecule has 0 spiro atoms. The van der Waals surface area contributed by atoms with E-state index >= 15 is 0 Å². The van der Waals surface area contributed by atoms with Gasteiger partial charge in [-0.25, -0.2) is 8.42 Å². The first kappa shape index (κ1) is 23.2. The number of carbonyl (C=O) groups is 1. The van der Waals surface area contributed by atoms with Crippen molar-refractivity contribution in [2.45, 2.75) is 38.6 Å². The highest BCUT2D eigenvalue weighted by Gasteiger charge is 2.30. The van der Waals surface area contributed by atoms with Crippen LogP contribution in [0.25, 0.3) is 0 Å². The predicted molar refractivity (Wildman–Crippen MR) is 119 cm³/mol. The fraction of sp³-hybridized carbons (Fsp3) is 0.435. The van der Waals surface area contributed by atoms with Gasteiger partial charge in [-0.3, -0.25) is 4.79 Å². The Bertz CT molecular complexity index is 1080. The maximum absolute atomic E-state index is 13.2. The summed E-state index contributed by atoms with van der Waals surface area (Å²) in [7, 11) is -2.40. The average Bonchev–Trinajstić information content (AvgIpc) is 2.76. The number of methoxy groups -OCH3 is 1. The molecule has 0 unspecified atom stereocenters. The van der Waals surface area contributed by atoms with Crippen LogP contribution in [0.3, 0.4) is 0 Å². The van der Waals surface area contributed by atoms with Gasteiger partial charge in [0.15, 0.2) is 0 Å². The normalized spacial score (nSPS) is 16.0. The van der Waals surface area contributed by atoms with Crippen LogP contribution in [0.5, 0.6) is 5.75 Å². The third-order valence-corrected chi connectivity index (χ3v) is 7.63. The lowest BCUT2D eigenvalue weighted by Crippen LogP contribution is -2.40. The van der Waals surface area contributed by atoms with Gasteiger partial charge in [-0.15, -0.1) is 0 Å². The van der Waals surface area contributed by atoms with E-state index in [9.17, 15) is 13.2 Å². The number of morpholine rings is 1. The Morgan fingerprint density at radius 1 is 1.06 bits per heavy atom. The molecule has 1 aliphatic heterocycles. The van der Waals surface area contributed by atoms with Gasteiger partial charge in [-0.1, -0.05) is 12.1 Å². The van der Waals surface area contributed by atoms with E-state index in [0.29, 0.717) is 13.2 Å². The number of amides is 1. The Balaban J connectivity index is 1.88. The van der Waals surface area contributed by atoms with E-state index in [1.807, 2.05) is 20.8 Å². The van der Waals surface area contributed by atoms with Crippen molar-refractivity contribution in [2.24, 2.45) is 0 Å². The number of nitrogens with zero attached hydrogens (tertiary/aromatic N) is 1. The summed E-state index contributed by atoms with van der Waals surface area (Å²) in [4.78, 5) is 13.0. The first-order chi connectivity index (χ1) is 14.6. The number of sulfonamides is 1. The molecule has 168 valence electrons. The van der Waals surface area contributed by atoms with Gasteiger partial charge in [0, 0.05) is 18.7 Å². The molecule has 7 nitrogen and oxygen atoms in total. The van der Waals surface area contributed by atoms with Gasteiger partial charge in [0.05, 0.1) is 26.4 Å². The lowest BCUT2D eigenvalue weighted by molar-refractivity contribution is 0.0729. The first-order valence-electron chi connectivity index (χ1n) is 10.3. The highest BCUT2D eigenvalue weighted by Crippen LogP contribution is 2.29. The summed E-state index contributed by atoms with van der Waals surface area (Å²) in [5, 5.41) is 2.99. The van der Waals surface area contributed by atoms with E-state index in [1.165, 1.54) is 29.1 Å². The molecule has 1 aliphatic rings. The van der Waals surface area contributed by atoms with Gasteiger partial charge in [0.1, 0.15) is 10.6 Å². The van der Waals surface area contributed by atoms with Gasteiger partial charge in [-0.05, 0) is 68.1 Å². The third-order valence-electron chi connectivity index (χ3n) is 5.71. The summed E-state index contributed by atoms with van der Waals surface area (Å²) in [6.07, 6.45) is 0. The van der Waals surface area contributed by atoms with Crippen molar-refractivity contribution in [3.05, 3.63) is 58.1 Å². The van der Waals surface area contributed by atoms with Crippen LogP contribution in [0.2, 0.25) is 0 Å². The molecule has 1 saturated heterocycles. The molecular weight excluding hydrogens is 416 g/mol. The molecule has 0 aliphatic carbocycles. The van der Waals surface area contributed by atoms with Crippen LogP contribution in [-0.2, 0) is 14.8 Å². The van der Waals surface area contributed by atoms with Gasteiger partial charge in [0.25, 0.3) is 5.91 Å². The fourth-order valence-corrected chi connectivity index (χ4v) is 5.34. The van der Waals surface area contributed by atoms with Crippen LogP contribution in [0, 0.1) is 20.8 Å². The zero-order chi connectivity index (χ0) is 22.8. The van der Waals surface area contributed by atoms with Crippen molar-refractivity contribution in [3.63, 3.8) is 0 Å². The molecule has 0 radical (unpaired) electrons. The van der Waals surface area contributed by atoms with Crippen LogP contribution in [0.15, 0.2) is 35.2 Å². The maximum Gasteiger partial charge on any atom is 0.251 e. The number of ether oxygens (including phenoxy) is 2. The van der Waals surface area contributed by atoms with E-state index in [2.05, 4.69) is 24.4 Å². The summed E-state index contributed by atoms with van der Waals surface area (Å²) >= 11 is 0. The molecule has 0 saturated carbocycles. The molecule has 3 rings (SSSR count). The number of hydrogen-bond donors (Lipinski definition) is 1. The Morgan fingerprint density at radius 2 is 1.71 bits per heavy atom. The molecule has 8 heteroatoms. The van der Waals surface area contributed by atoms with E-state index in [-0.39, 0.29) is 41.2 Å². The average molecular weight is 447 g/mol. The van der Waals surface area contributed by atoms with Crippen LogP contribution in [0.1, 0.15) is 45.6 Å². The Hall–Kier alpha value is -2.42. The second-order valence-electron chi connectivity index (χ2n) is 7.87. The second kappa shape index (κ2) is 9.38. The monoisotopic (exact) mass is 446 g/mol. The van der Waals surface area contributed by atoms with Crippen molar-refractivity contribution in [2.75, 3.05) is 33.4 Å². The van der Waals surface area contributed by atoms with Crippen molar-refractivity contribution in [1.82, 2.24) is 9.62 Å². The van der Waals surface area contributed by atoms with Crippen molar-refractivity contribution in [1.29, 1.82) is 0 Å². The second-order valence-corrected chi connectivity index (χ2v) is 9.78. The standard InChI is InChI=1S/C23H30N2O5S/c1-15-12-17(3)20(13-16(15)2)18(4)24-23(26)19-6-7-21(29-5)22(14-19)31(27,28)25-8-10-30-11-9-25/h6-7,12-14,18H,8-11H2,1-5H3,(H,24,26)/t18-/m0/s1. The van der Waals surface area contributed by atoms with E-state index in [0.717, 1.165) is 16.7 Å². The molecule has 2 aromatic carbocycles. The Labute approximate surface area is 184 Å². The molecule has 1 N–H and O–H groups in total. The molecule has 1 fully saturated rings. The quantitative estimate of drug-likeness (QED) is 0.737.